The van der Waals surface area contributed by atoms with Crippen LogP contribution >= 0.6 is 0 Å². The van der Waals surface area contributed by atoms with Gasteiger partial charge in [0.2, 0.25) is 0 Å². The highest BCUT2D eigenvalue weighted by atomic mass is 16.6. The number of aliphatic hydroxyl groups is 4. The number of aliphatic hydroxyl groups excluding tert-OH is 4. The van der Waals surface area contributed by atoms with Gasteiger partial charge in [-0.05, 0) is 0 Å². The highest BCUT2D eigenvalue weighted by Crippen LogP contribution is 2.23. The topological polar surface area (TPSA) is 90.2 Å². The van der Waals surface area contributed by atoms with Crippen molar-refractivity contribution in [2.24, 2.45) is 5.92 Å². The average molecular weight is 178 g/mol. The quantitative estimate of drug-likeness (QED) is 0.375. The Morgan fingerprint density at radius 3 is 2.25 bits per heavy atom. The van der Waals surface area contributed by atoms with Crippen LogP contribution in [0.25, 0.3) is 0 Å². The Morgan fingerprint density at radius 1 is 1.17 bits per heavy atom. The maximum atomic E-state index is 9.32. The van der Waals surface area contributed by atoms with Gasteiger partial charge in [0.1, 0.15) is 12.2 Å². The summed E-state index contributed by atoms with van der Waals surface area (Å²) in [4.78, 5) is 0. The van der Waals surface area contributed by atoms with E-state index in [9.17, 15) is 10.2 Å². The summed E-state index contributed by atoms with van der Waals surface area (Å²) in [5.74, 6) is -0.539. The molecule has 12 heavy (non-hydrogen) atoms. The lowest BCUT2D eigenvalue weighted by Gasteiger charge is -2.38. The van der Waals surface area contributed by atoms with E-state index in [1.54, 1.807) is 6.92 Å². The second kappa shape index (κ2) is 3.68. The summed E-state index contributed by atoms with van der Waals surface area (Å²) in [6.45, 7) is 1.15. The van der Waals surface area contributed by atoms with Crippen LogP contribution in [0.3, 0.4) is 0 Å². The smallest absolute Gasteiger partial charge is 0.160 e. The molecule has 1 saturated heterocycles. The standard InChI is InChI=1S/C7H14O5/c1-3-5(9)6(10)4(2-8)12-7(3)11/h3-11H,2H2,1H3/t3-,4-,5-,6-,7-/m0/s1. The van der Waals surface area contributed by atoms with Crippen LogP contribution in [0.15, 0.2) is 0 Å². The van der Waals surface area contributed by atoms with Gasteiger partial charge in [0.25, 0.3) is 0 Å². The van der Waals surface area contributed by atoms with Crippen molar-refractivity contribution in [1.82, 2.24) is 0 Å². The Kier molecular flexibility index (Phi) is 3.03. The van der Waals surface area contributed by atoms with Gasteiger partial charge in [0.15, 0.2) is 6.29 Å². The maximum absolute atomic E-state index is 9.32. The third-order valence-corrected chi connectivity index (χ3v) is 2.21. The molecule has 4 N–H and O–H groups in total. The molecule has 0 spiro atoms. The molecule has 1 fully saturated rings. The highest BCUT2D eigenvalue weighted by molar-refractivity contribution is 4.86. The van der Waals surface area contributed by atoms with Crippen LogP contribution in [0.1, 0.15) is 6.92 Å². The zero-order valence-electron chi connectivity index (χ0n) is 6.79. The fourth-order valence-electron chi connectivity index (χ4n) is 1.23. The summed E-state index contributed by atoms with van der Waals surface area (Å²) < 4.78 is 4.83. The van der Waals surface area contributed by atoms with E-state index in [1.807, 2.05) is 0 Å². The lowest BCUT2D eigenvalue weighted by molar-refractivity contribution is -0.266. The second-order valence-electron chi connectivity index (χ2n) is 3.09. The SMILES string of the molecule is C[C@H]1[C@H](O)[C@@H](O)[C@H](CO)O[C@@H]1O. The largest absolute Gasteiger partial charge is 0.394 e. The van der Waals surface area contributed by atoms with Crippen LogP contribution in [-0.4, -0.2) is 51.6 Å². The number of ether oxygens (including phenoxy) is 1. The highest BCUT2D eigenvalue weighted by Gasteiger charge is 2.40. The van der Waals surface area contributed by atoms with Crippen LogP contribution in [0.2, 0.25) is 0 Å². The lowest BCUT2D eigenvalue weighted by atomic mass is 9.93. The molecule has 5 nitrogen and oxygen atoms in total. The third kappa shape index (κ3) is 1.60. The molecule has 1 aliphatic rings. The van der Waals surface area contributed by atoms with Crippen molar-refractivity contribution in [3.8, 4) is 0 Å². The van der Waals surface area contributed by atoms with Crippen molar-refractivity contribution in [1.29, 1.82) is 0 Å². The van der Waals surface area contributed by atoms with E-state index in [0.717, 1.165) is 0 Å². The summed E-state index contributed by atoms with van der Waals surface area (Å²) in [6, 6.07) is 0. The van der Waals surface area contributed by atoms with Gasteiger partial charge in [-0.3, -0.25) is 0 Å². The fourth-order valence-corrected chi connectivity index (χ4v) is 1.23. The Hall–Kier alpha value is -0.200. The van der Waals surface area contributed by atoms with E-state index in [-0.39, 0.29) is 0 Å². The van der Waals surface area contributed by atoms with Gasteiger partial charge in [0.05, 0.1) is 12.7 Å². The molecule has 1 rings (SSSR count). The van der Waals surface area contributed by atoms with Crippen molar-refractivity contribution in [3.05, 3.63) is 0 Å². The molecule has 1 heterocycles. The molecule has 72 valence electrons. The predicted molar refractivity (Wildman–Crippen MR) is 39.1 cm³/mol. The molecular formula is C7H14O5. The molecule has 0 aliphatic carbocycles. The molecule has 0 aromatic heterocycles. The first-order valence-electron chi connectivity index (χ1n) is 3.88. The van der Waals surface area contributed by atoms with Crippen molar-refractivity contribution >= 4 is 0 Å². The van der Waals surface area contributed by atoms with E-state index in [2.05, 4.69) is 0 Å². The van der Waals surface area contributed by atoms with E-state index in [4.69, 9.17) is 14.9 Å². The lowest BCUT2D eigenvalue weighted by Crippen LogP contribution is -2.54. The van der Waals surface area contributed by atoms with Crippen LogP contribution in [0.4, 0.5) is 0 Å². The van der Waals surface area contributed by atoms with E-state index >= 15 is 0 Å². The van der Waals surface area contributed by atoms with Crippen molar-refractivity contribution in [3.63, 3.8) is 0 Å². The number of hydrogen-bond donors (Lipinski definition) is 4. The first-order chi connectivity index (χ1) is 5.57. The average Bonchev–Trinajstić information content (AvgIpc) is 2.08. The van der Waals surface area contributed by atoms with Gasteiger partial charge in [-0.2, -0.15) is 0 Å². The molecular weight excluding hydrogens is 164 g/mol. The first-order valence-corrected chi connectivity index (χ1v) is 3.88. The van der Waals surface area contributed by atoms with Gasteiger partial charge in [-0.1, -0.05) is 6.92 Å². The second-order valence-corrected chi connectivity index (χ2v) is 3.09. The Balaban J connectivity index is 2.63. The van der Waals surface area contributed by atoms with Crippen LogP contribution in [-0.2, 0) is 4.74 Å². The first kappa shape index (κ1) is 9.88. The molecule has 0 radical (unpaired) electrons. The zero-order valence-corrected chi connectivity index (χ0v) is 6.79. The molecule has 1 aliphatic heterocycles. The third-order valence-electron chi connectivity index (χ3n) is 2.21. The minimum absolute atomic E-state index is 0.415. The maximum Gasteiger partial charge on any atom is 0.160 e. The van der Waals surface area contributed by atoms with Gasteiger partial charge in [-0.25, -0.2) is 0 Å². The summed E-state index contributed by atoms with van der Waals surface area (Å²) in [5, 5.41) is 36.4. The van der Waals surface area contributed by atoms with E-state index in [0.29, 0.717) is 0 Å². The van der Waals surface area contributed by atoms with Crippen molar-refractivity contribution < 1.29 is 25.2 Å². The van der Waals surface area contributed by atoms with Gasteiger partial charge >= 0.3 is 0 Å². The number of rotatable bonds is 1. The fraction of sp³-hybridized carbons (Fsp3) is 1.00. The van der Waals surface area contributed by atoms with Crippen molar-refractivity contribution in [2.45, 2.75) is 31.5 Å². The molecule has 5 atom stereocenters. The minimum atomic E-state index is -1.13. The normalized spacial score (nSPS) is 49.2. The zero-order chi connectivity index (χ0) is 9.30. The summed E-state index contributed by atoms with van der Waals surface area (Å²) in [6.07, 6.45) is -4.20. The molecule has 0 bridgehead atoms. The Morgan fingerprint density at radius 2 is 1.75 bits per heavy atom. The molecule has 0 aromatic rings. The van der Waals surface area contributed by atoms with Gasteiger partial charge in [0, 0.05) is 5.92 Å². The molecule has 5 heteroatoms. The Labute approximate surface area is 70.2 Å². The molecule has 0 saturated carbocycles. The summed E-state index contributed by atoms with van der Waals surface area (Å²) in [7, 11) is 0. The summed E-state index contributed by atoms with van der Waals surface area (Å²) in [5.41, 5.74) is 0. The van der Waals surface area contributed by atoms with E-state index < -0.39 is 37.1 Å². The molecule has 0 aromatic carbocycles. The number of hydrogen-bond acceptors (Lipinski definition) is 5. The summed E-state index contributed by atoms with van der Waals surface area (Å²) >= 11 is 0. The molecule has 0 unspecified atom stereocenters. The van der Waals surface area contributed by atoms with Crippen LogP contribution in [0.5, 0.6) is 0 Å². The predicted octanol–water partition coefficient (Wildman–Crippen LogP) is -1.95. The van der Waals surface area contributed by atoms with Crippen molar-refractivity contribution in [2.75, 3.05) is 6.61 Å². The van der Waals surface area contributed by atoms with Gasteiger partial charge < -0.3 is 25.2 Å². The monoisotopic (exact) mass is 178 g/mol. The van der Waals surface area contributed by atoms with Crippen LogP contribution in [0, 0.1) is 5.92 Å². The van der Waals surface area contributed by atoms with E-state index in [1.165, 1.54) is 0 Å². The minimum Gasteiger partial charge on any atom is -0.394 e. The van der Waals surface area contributed by atoms with Gasteiger partial charge in [-0.15, -0.1) is 0 Å². The molecule has 0 amide bonds. The Bertz CT molecular complexity index is 146. The van der Waals surface area contributed by atoms with Crippen LogP contribution < -0.4 is 0 Å².